The predicted molar refractivity (Wildman–Crippen MR) is 61.9 cm³/mol. The van der Waals surface area contributed by atoms with Crippen molar-refractivity contribution in [2.45, 2.75) is 25.6 Å². The molecular formula is C13H17NO3. The van der Waals surface area contributed by atoms with Crippen LogP contribution in [0.15, 0.2) is 24.0 Å². The first-order valence-corrected chi connectivity index (χ1v) is 5.93. The molecule has 0 unspecified atom stereocenters. The molecular weight excluding hydrogens is 218 g/mol. The minimum atomic E-state index is -0.200. The first kappa shape index (κ1) is 10.8. The Labute approximate surface area is 101 Å². The summed E-state index contributed by atoms with van der Waals surface area (Å²) in [4.78, 5) is 14.2. The van der Waals surface area contributed by atoms with E-state index in [1.165, 1.54) is 0 Å². The first-order valence-electron chi connectivity index (χ1n) is 5.93. The fourth-order valence-corrected chi connectivity index (χ4v) is 2.96. The molecule has 4 heteroatoms. The van der Waals surface area contributed by atoms with Gasteiger partial charge in [0.1, 0.15) is 12.0 Å². The molecule has 2 aliphatic heterocycles. The van der Waals surface area contributed by atoms with Crippen LogP contribution in [0.4, 0.5) is 0 Å². The van der Waals surface area contributed by atoms with Gasteiger partial charge in [0, 0.05) is 5.92 Å². The summed E-state index contributed by atoms with van der Waals surface area (Å²) < 4.78 is 11.0. The SMILES string of the molecule is COC1=C[C@H]2[C@@H](C=C1)C(=O)N1[C@H]2OCC1(C)C. The Morgan fingerprint density at radius 1 is 1.53 bits per heavy atom. The van der Waals surface area contributed by atoms with Crippen LogP contribution >= 0.6 is 0 Å². The second kappa shape index (κ2) is 3.35. The normalized spacial score (nSPS) is 37.8. The van der Waals surface area contributed by atoms with Gasteiger partial charge in [-0.1, -0.05) is 6.08 Å². The van der Waals surface area contributed by atoms with Crippen molar-refractivity contribution in [3.05, 3.63) is 24.0 Å². The molecule has 2 heterocycles. The van der Waals surface area contributed by atoms with Gasteiger partial charge < -0.3 is 14.4 Å². The Bertz CT molecular complexity index is 424. The van der Waals surface area contributed by atoms with Crippen molar-refractivity contribution in [3.63, 3.8) is 0 Å². The van der Waals surface area contributed by atoms with Gasteiger partial charge in [0.15, 0.2) is 0 Å². The van der Waals surface area contributed by atoms with Gasteiger partial charge >= 0.3 is 0 Å². The van der Waals surface area contributed by atoms with Crippen molar-refractivity contribution < 1.29 is 14.3 Å². The monoisotopic (exact) mass is 235 g/mol. The number of ether oxygens (including phenoxy) is 2. The number of hydrogen-bond donors (Lipinski definition) is 0. The average Bonchev–Trinajstić information content (AvgIpc) is 2.77. The Balaban J connectivity index is 1.98. The summed E-state index contributed by atoms with van der Waals surface area (Å²) in [7, 11) is 1.64. The molecule has 0 N–H and O–H groups in total. The first-order chi connectivity index (χ1) is 8.04. The maximum absolute atomic E-state index is 12.4. The van der Waals surface area contributed by atoms with Gasteiger partial charge in [-0.3, -0.25) is 4.79 Å². The lowest BCUT2D eigenvalue weighted by Crippen LogP contribution is -2.44. The number of rotatable bonds is 1. The molecule has 3 rings (SSSR count). The third kappa shape index (κ3) is 1.37. The molecule has 4 nitrogen and oxygen atoms in total. The number of nitrogens with zero attached hydrogens (tertiary/aromatic N) is 1. The quantitative estimate of drug-likeness (QED) is 0.687. The van der Waals surface area contributed by atoms with Crippen molar-refractivity contribution in [1.29, 1.82) is 0 Å². The zero-order valence-corrected chi connectivity index (χ0v) is 10.3. The number of methoxy groups -OCH3 is 1. The highest BCUT2D eigenvalue weighted by Crippen LogP contribution is 2.44. The van der Waals surface area contributed by atoms with Crippen molar-refractivity contribution in [1.82, 2.24) is 4.90 Å². The smallest absolute Gasteiger partial charge is 0.232 e. The van der Waals surface area contributed by atoms with Crippen LogP contribution in [0.25, 0.3) is 0 Å². The van der Waals surface area contributed by atoms with Crippen molar-refractivity contribution in [2.24, 2.45) is 11.8 Å². The largest absolute Gasteiger partial charge is 0.497 e. The molecule has 0 radical (unpaired) electrons. The lowest BCUT2D eigenvalue weighted by Gasteiger charge is -2.28. The van der Waals surface area contributed by atoms with Crippen molar-refractivity contribution >= 4 is 5.91 Å². The van der Waals surface area contributed by atoms with E-state index in [-0.39, 0.29) is 29.5 Å². The van der Waals surface area contributed by atoms with Gasteiger partial charge in [0.05, 0.1) is 25.2 Å². The van der Waals surface area contributed by atoms with Crippen LogP contribution in [0.2, 0.25) is 0 Å². The molecule has 17 heavy (non-hydrogen) atoms. The molecule has 3 aliphatic rings. The molecule has 2 saturated heterocycles. The van der Waals surface area contributed by atoms with Gasteiger partial charge in [-0.25, -0.2) is 0 Å². The molecule has 2 fully saturated rings. The lowest BCUT2D eigenvalue weighted by atomic mass is 9.89. The van der Waals surface area contributed by atoms with E-state index in [1.54, 1.807) is 7.11 Å². The highest BCUT2D eigenvalue weighted by molar-refractivity contribution is 5.85. The summed E-state index contributed by atoms with van der Waals surface area (Å²) in [5.74, 6) is 0.988. The van der Waals surface area contributed by atoms with E-state index in [2.05, 4.69) is 0 Å². The van der Waals surface area contributed by atoms with Crippen LogP contribution in [-0.2, 0) is 14.3 Å². The number of amides is 1. The topological polar surface area (TPSA) is 38.8 Å². The van der Waals surface area contributed by atoms with Crippen LogP contribution in [0.3, 0.4) is 0 Å². The highest BCUT2D eigenvalue weighted by Gasteiger charge is 2.56. The number of hydrogen-bond acceptors (Lipinski definition) is 3. The third-order valence-corrected chi connectivity index (χ3v) is 3.84. The van der Waals surface area contributed by atoms with Crippen LogP contribution < -0.4 is 0 Å². The van der Waals surface area contributed by atoms with Crippen LogP contribution in [-0.4, -0.2) is 36.3 Å². The second-order valence-corrected chi connectivity index (χ2v) is 5.46. The summed E-state index contributed by atoms with van der Waals surface area (Å²) in [5, 5.41) is 0. The minimum Gasteiger partial charge on any atom is -0.497 e. The fourth-order valence-electron chi connectivity index (χ4n) is 2.96. The van der Waals surface area contributed by atoms with E-state index in [0.717, 1.165) is 5.76 Å². The van der Waals surface area contributed by atoms with Gasteiger partial charge in [0.2, 0.25) is 5.91 Å². The van der Waals surface area contributed by atoms with E-state index >= 15 is 0 Å². The molecule has 0 aromatic rings. The molecule has 3 atom stereocenters. The number of fused-ring (bicyclic) bond motifs is 3. The Morgan fingerprint density at radius 2 is 2.29 bits per heavy atom. The summed E-state index contributed by atoms with van der Waals surface area (Å²) in [6.45, 7) is 4.70. The Morgan fingerprint density at radius 3 is 3.00 bits per heavy atom. The summed E-state index contributed by atoms with van der Waals surface area (Å²) in [5.41, 5.74) is -0.200. The molecule has 1 aliphatic carbocycles. The van der Waals surface area contributed by atoms with E-state index in [0.29, 0.717) is 6.61 Å². The summed E-state index contributed by atoms with van der Waals surface area (Å²) >= 11 is 0. The standard InChI is InChI=1S/C13H17NO3/c1-13(2)7-17-12-10-6-8(16-3)4-5-9(10)11(15)14(12)13/h4-6,9-10,12H,7H2,1-3H3/t9-,10+,12+/m1/s1. The van der Waals surface area contributed by atoms with Gasteiger partial charge in [-0.05, 0) is 26.0 Å². The second-order valence-electron chi connectivity index (χ2n) is 5.46. The maximum Gasteiger partial charge on any atom is 0.232 e. The van der Waals surface area contributed by atoms with E-state index in [4.69, 9.17) is 9.47 Å². The molecule has 0 saturated carbocycles. The maximum atomic E-state index is 12.4. The summed E-state index contributed by atoms with van der Waals surface area (Å²) in [6, 6.07) is 0. The lowest BCUT2D eigenvalue weighted by molar-refractivity contribution is -0.134. The predicted octanol–water partition coefficient (Wildman–Crippen LogP) is 1.30. The third-order valence-electron chi connectivity index (χ3n) is 3.84. The molecule has 0 aromatic heterocycles. The van der Waals surface area contributed by atoms with E-state index < -0.39 is 0 Å². The van der Waals surface area contributed by atoms with Crippen LogP contribution in [0.1, 0.15) is 13.8 Å². The zero-order chi connectivity index (χ0) is 12.2. The zero-order valence-electron chi connectivity index (χ0n) is 10.3. The Hall–Kier alpha value is -1.29. The molecule has 0 bridgehead atoms. The van der Waals surface area contributed by atoms with E-state index in [9.17, 15) is 4.79 Å². The number of allylic oxidation sites excluding steroid dienone is 1. The van der Waals surface area contributed by atoms with E-state index in [1.807, 2.05) is 37.0 Å². The molecule has 0 aromatic carbocycles. The van der Waals surface area contributed by atoms with Crippen molar-refractivity contribution in [2.75, 3.05) is 13.7 Å². The fraction of sp³-hybridized carbons (Fsp3) is 0.615. The van der Waals surface area contributed by atoms with Gasteiger partial charge in [0.25, 0.3) is 0 Å². The number of carbonyl (C=O) groups excluding carboxylic acids is 1. The summed E-state index contributed by atoms with van der Waals surface area (Å²) in [6.07, 6.45) is 5.68. The molecule has 92 valence electrons. The Kier molecular flexibility index (Phi) is 2.14. The van der Waals surface area contributed by atoms with Crippen molar-refractivity contribution in [3.8, 4) is 0 Å². The minimum absolute atomic E-state index is 0.0847. The molecule has 0 spiro atoms. The van der Waals surface area contributed by atoms with Crippen LogP contribution in [0.5, 0.6) is 0 Å². The van der Waals surface area contributed by atoms with Crippen LogP contribution in [0, 0.1) is 11.8 Å². The highest BCUT2D eigenvalue weighted by atomic mass is 16.5. The molecule has 1 amide bonds. The van der Waals surface area contributed by atoms with Gasteiger partial charge in [-0.15, -0.1) is 0 Å². The average molecular weight is 235 g/mol. The number of carbonyl (C=O) groups is 1. The van der Waals surface area contributed by atoms with Gasteiger partial charge in [-0.2, -0.15) is 0 Å².